The van der Waals surface area contributed by atoms with Gasteiger partial charge in [0.15, 0.2) is 11.5 Å². The predicted octanol–water partition coefficient (Wildman–Crippen LogP) is 4.81. The molecule has 1 atom stereocenters. The van der Waals surface area contributed by atoms with E-state index in [1.807, 2.05) is 54.6 Å². The van der Waals surface area contributed by atoms with Crippen molar-refractivity contribution in [2.24, 2.45) is 0 Å². The smallest absolute Gasteiger partial charge is 0.273 e. The van der Waals surface area contributed by atoms with Crippen LogP contribution in [-0.2, 0) is 0 Å². The maximum atomic E-state index is 12.6. The fourth-order valence-electron chi connectivity index (χ4n) is 3.25. The Labute approximate surface area is 170 Å². The number of hydrogen-bond acceptors (Lipinski definition) is 4. The standard InChI is InChI=1S/C22H24ClN3O2/c1-3-26(4-2)20(17-12-8-9-13-18(17)23)15-24-22(27)19-14-21(28-25-19)16-10-6-5-7-11-16/h5-14,20H,3-4,15H2,1-2H3,(H,24,27). The lowest BCUT2D eigenvalue weighted by atomic mass is 10.0. The highest BCUT2D eigenvalue weighted by Gasteiger charge is 2.22. The van der Waals surface area contributed by atoms with E-state index in [1.165, 1.54) is 0 Å². The van der Waals surface area contributed by atoms with Crippen molar-refractivity contribution < 1.29 is 9.32 Å². The molecule has 28 heavy (non-hydrogen) atoms. The van der Waals surface area contributed by atoms with E-state index < -0.39 is 0 Å². The van der Waals surface area contributed by atoms with E-state index >= 15 is 0 Å². The van der Waals surface area contributed by atoms with Crippen LogP contribution in [0.3, 0.4) is 0 Å². The molecule has 1 amide bonds. The Morgan fingerprint density at radius 2 is 1.79 bits per heavy atom. The van der Waals surface area contributed by atoms with Crippen LogP contribution in [0.4, 0.5) is 0 Å². The second-order valence-electron chi connectivity index (χ2n) is 6.41. The molecule has 0 spiro atoms. The summed E-state index contributed by atoms with van der Waals surface area (Å²) in [6, 6.07) is 19.0. The minimum absolute atomic E-state index is 0.0202. The Hall–Kier alpha value is -2.63. The van der Waals surface area contributed by atoms with Gasteiger partial charge in [-0.25, -0.2) is 0 Å². The molecular weight excluding hydrogens is 374 g/mol. The van der Waals surface area contributed by atoms with Crippen LogP contribution in [0.1, 0.15) is 35.9 Å². The van der Waals surface area contributed by atoms with Crippen molar-refractivity contribution in [1.82, 2.24) is 15.4 Å². The zero-order chi connectivity index (χ0) is 19.9. The number of halogens is 1. The summed E-state index contributed by atoms with van der Waals surface area (Å²) in [4.78, 5) is 14.9. The maximum absolute atomic E-state index is 12.6. The first-order chi connectivity index (χ1) is 13.6. The normalized spacial score (nSPS) is 12.1. The minimum atomic E-state index is -0.268. The van der Waals surface area contributed by atoms with E-state index in [9.17, 15) is 4.79 Å². The van der Waals surface area contributed by atoms with Gasteiger partial charge in [-0.1, -0.05) is 79.1 Å². The molecule has 0 aliphatic heterocycles. The molecule has 0 saturated heterocycles. The lowest BCUT2D eigenvalue weighted by Crippen LogP contribution is -2.38. The van der Waals surface area contributed by atoms with Gasteiger partial charge in [0.2, 0.25) is 0 Å². The third-order valence-electron chi connectivity index (χ3n) is 4.77. The quantitative estimate of drug-likeness (QED) is 0.592. The van der Waals surface area contributed by atoms with E-state index in [4.69, 9.17) is 16.1 Å². The van der Waals surface area contributed by atoms with E-state index in [2.05, 4.69) is 29.2 Å². The number of nitrogens with zero attached hydrogens (tertiary/aromatic N) is 2. The molecule has 2 aromatic carbocycles. The largest absolute Gasteiger partial charge is 0.355 e. The average Bonchev–Trinajstić information content (AvgIpc) is 3.23. The first kappa shape index (κ1) is 20.1. The first-order valence-corrected chi connectivity index (χ1v) is 9.80. The predicted molar refractivity (Wildman–Crippen MR) is 111 cm³/mol. The van der Waals surface area contributed by atoms with Crippen LogP contribution in [0.25, 0.3) is 11.3 Å². The Bertz CT molecular complexity index is 907. The zero-order valence-corrected chi connectivity index (χ0v) is 16.8. The molecule has 3 rings (SSSR count). The highest BCUT2D eigenvalue weighted by Crippen LogP contribution is 2.27. The van der Waals surface area contributed by atoms with Gasteiger partial charge in [-0.2, -0.15) is 0 Å². The van der Waals surface area contributed by atoms with Crippen LogP contribution in [0, 0.1) is 0 Å². The van der Waals surface area contributed by atoms with Crippen molar-refractivity contribution in [3.05, 3.63) is 76.9 Å². The fourth-order valence-corrected chi connectivity index (χ4v) is 3.51. The van der Waals surface area contributed by atoms with E-state index in [0.29, 0.717) is 17.3 Å². The molecule has 0 radical (unpaired) electrons. The van der Waals surface area contributed by atoms with Crippen molar-refractivity contribution in [3.63, 3.8) is 0 Å². The number of benzene rings is 2. The Kier molecular flexibility index (Phi) is 6.85. The monoisotopic (exact) mass is 397 g/mol. The van der Waals surface area contributed by atoms with Gasteiger partial charge in [-0.05, 0) is 24.7 Å². The van der Waals surface area contributed by atoms with Crippen molar-refractivity contribution in [2.45, 2.75) is 19.9 Å². The lowest BCUT2D eigenvalue weighted by molar-refractivity contribution is 0.0926. The van der Waals surface area contributed by atoms with Crippen LogP contribution >= 0.6 is 11.6 Å². The summed E-state index contributed by atoms with van der Waals surface area (Å²) >= 11 is 6.41. The molecule has 1 aromatic heterocycles. The molecule has 5 nitrogen and oxygen atoms in total. The van der Waals surface area contributed by atoms with Gasteiger partial charge >= 0.3 is 0 Å². The maximum Gasteiger partial charge on any atom is 0.273 e. The number of aromatic nitrogens is 1. The number of carbonyl (C=O) groups is 1. The van der Waals surface area contributed by atoms with Gasteiger partial charge in [0.05, 0.1) is 6.04 Å². The first-order valence-electron chi connectivity index (χ1n) is 9.42. The molecule has 146 valence electrons. The van der Waals surface area contributed by atoms with E-state index in [-0.39, 0.29) is 17.6 Å². The summed E-state index contributed by atoms with van der Waals surface area (Å²) in [5, 5.41) is 7.59. The fraction of sp³-hybridized carbons (Fsp3) is 0.273. The number of carbonyl (C=O) groups excluding carboxylic acids is 1. The van der Waals surface area contributed by atoms with Gasteiger partial charge in [0, 0.05) is 23.2 Å². The molecule has 6 heteroatoms. The molecule has 3 aromatic rings. The average molecular weight is 398 g/mol. The van der Waals surface area contributed by atoms with Crippen LogP contribution < -0.4 is 5.32 Å². The number of likely N-dealkylation sites (N-methyl/N-ethyl adjacent to an activating group) is 1. The molecule has 1 N–H and O–H groups in total. The zero-order valence-electron chi connectivity index (χ0n) is 16.1. The van der Waals surface area contributed by atoms with Gasteiger partial charge in [-0.3, -0.25) is 9.69 Å². The molecule has 0 aliphatic rings. The number of hydrogen-bond donors (Lipinski definition) is 1. The summed E-state index contributed by atoms with van der Waals surface area (Å²) in [5.41, 5.74) is 2.14. The van der Waals surface area contributed by atoms with Gasteiger partial charge in [0.25, 0.3) is 5.91 Å². The minimum Gasteiger partial charge on any atom is -0.355 e. The van der Waals surface area contributed by atoms with Crippen LogP contribution in [-0.4, -0.2) is 35.6 Å². The molecule has 0 aliphatic carbocycles. The molecule has 0 saturated carbocycles. The Balaban J connectivity index is 1.74. The topological polar surface area (TPSA) is 58.4 Å². The van der Waals surface area contributed by atoms with Gasteiger partial charge in [0.1, 0.15) is 0 Å². The summed E-state index contributed by atoms with van der Waals surface area (Å²) in [7, 11) is 0. The summed E-state index contributed by atoms with van der Waals surface area (Å²) in [6.45, 7) is 6.32. The summed E-state index contributed by atoms with van der Waals surface area (Å²) in [5.74, 6) is 0.298. The highest BCUT2D eigenvalue weighted by molar-refractivity contribution is 6.31. The number of nitrogens with one attached hydrogen (secondary N) is 1. The van der Waals surface area contributed by atoms with Crippen molar-refractivity contribution in [2.75, 3.05) is 19.6 Å². The third-order valence-corrected chi connectivity index (χ3v) is 5.12. The molecule has 1 heterocycles. The molecule has 0 fully saturated rings. The SMILES string of the molecule is CCN(CC)C(CNC(=O)c1cc(-c2ccccc2)on1)c1ccccc1Cl. The number of rotatable bonds is 8. The third kappa shape index (κ3) is 4.61. The van der Waals surface area contributed by atoms with Crippen molar-refractivity contribution in [3.8, 4) is 11.3 Å². The number of amides is 1. The molecule has 1 unspecified atom stereocenters. The second-order valence-corrected chi connectivity index (χ2v) is 6.82. The lowest BCUT2D eigenvalue weighted by Gasteiger charge is -2.30. The van der Waals surface area contributed by atoms with Crippen LogP contribution in [0.2, 0.25) is 5.02 Å². The summed E-state index contributed by atoms with van der Waals surface area (Å²) < 4.78 is 5.33. The van der Waals surface area contributed by atoms with E-state index in [1.54, 1.807) is 6.07 Å². The second kappa shape index (κ2) is 9.53. The Morgan fingerprint density at radius 1 is 1.11 bits per heavy atom. The van der Waals surface area contributed by atoms with Crippen LogP contribution in [0.5, 0.6) is 0 Å². The molecular formula is C22H24ClN3O2. The van der Waals surface area contributed by atoms with Gasteiger partial charge in [-0.15, -0.1) is 0 Å². The Morgan fingerprint density at radius 3 is 2.46 bits per heavy atom. The summed E-state index contributed by atoms with van der Waals surface area (Å²) in [6.07, 6.45) is 0. The molecule has 0 bridgehead atoms. The van der Waals surface area contributed by atoms with E-state index in [0.717, 1.165) is 24.2 Å². The van der Waals surface area contributed by atoms with Crippen molar-refractivity contribution in [1.29, 1.82) is 0 Å². The van der Waals surface area contributed by atoms with Crippen molar-refractivity contribution >= 4 is 17.5 Å². The van der Waals surface area contributed by atoms with Gasteiger partial charge < -0.3 is 9.84 Å². The van der Waals surface area contributed by atoms with Crippen LogP contribution in [0.15, 0.2) is 65.2 Å². The highest BCUT2D eigenvalue weighted by atomic mass is 35.5.